The van der Waals surface area contributed by atoms with Gasteiger partial charge in [0.2, 0.25) is 5.91 Å². The van der Waals surface area contributed by atoms with Crippen molar-refractivity contribution in [3.63, 3.8) is 0 Å². The van der Waals surface area contributed by atoms with E-state index in [2.05, 4.69) is 5.32 Å². The fourth-order valence-electron chi connectivity index (χ4n) is 3.32. The second kappa shape index (κ2) is 9.02. The van der Waals surface area contributed by atoms with Gasteiger partial charge in [0.15, 0.2) is 6.10 Å². The number of esters is 1. The summed E-state index contributed by atoms with van der Waals surface area (Å²) in [6.45, 7) is 3.49. The molecule has 1 aliphatic rings. The van der Waals surface area contributed by atoms with Gasteiger partial charge in [0.25, 0.3) is 5.91 Å². The Kier molecular flexibility index (Phi) is 6.44. The van der Waals surface area contributed by atoms with Gasteiger partial charge >= 0.3 is 5.97 Å². The molecule has 3 rings (SSSR count). The SMILES string of the molecule is CCc1ccccc1N1C[C@@H](C(=O)O[C@H](C)C(=O)Nc2ccc(F)cc2F)CC1=O. The molecule has 0 radical (unpaired) electrons. The number of amides is 2. The maximum absolute atomic E-state index is 13.7. The van der Waals surface area contributed by atoms with Gasteiger partial charge in [0.05, 0.1) is 11.6 Å². The summed E-state index contributed by atoms with van der Waals surface area (Å²) in [5, 5.41) is 2.26. The van der Waals surface area contributed by atoms with Crippen molar-refractivity contribution in [2.24, 2.45) is 5.92 Å². The number of carbonyl (C=O) groups excluding carboxylic acids is 3. The number of nitrogens with zero attached hydrogens (tertiary/aromatic N) is 1. The van der Waals surface area contributed by atoms with Crippen molar-refractivity contribution < 1.29 is 27.9 Å². The number of hydrogen-bond acceptors (Lipinski definition) is 4. The molecule has 158 valence electrons. The molecule has 0 aliphatic carbocycles. The van der Waals surface area contributed by atoms with Crippen LogP contribution in [0.15, 0.2) is 42.5 Å². The number of aryl methyl sites for hydroxylation is 1. The zero-order chi connectivity index (χ0) is 21.8. The largest absolute Gasteiger partial charge is 0.452 e. The van der Waals surface area contributed by atoms with Crippen LogP contribution in [0.4, 0.5) is 20.2 Å². The molecule has 2 aromatic rings. The van der Waals surface area contributed by atoms with Gasteiger partial charge in [-0.2, -0.15) is 0 Å². The van der Waals surface area contributed by atoms with Crippen LogP contribution in [0.1, 0.15) is 25.8 Å². The molecule has 1 fully saturated rings. The first kappa shape index (κ1) is 21.4. The Morgan fingerprint density at radius 2 is 1.97 bits per heavy atom. The van der Waals surface area contributed by atoms with E-state index in [1.807, 2.05) is 31.2 Å². The van der Waals surface area contributed by atoms with Gasteiger partial charge in [-0.25, -0.2) is 8.78 Å². The van der Waals surface area contributed by atoms with Gasteiger partial charge in [-0.05, 0) is 37.1 Å². The Labute approximate surface area is 172 Å². The maximum Gasteiger partial charge on any atom is 0.312 e. The van der Waals surface area contributed by atoms with Gasteiger partial charge in [-0.15, -0.1) is 0 Å². The number of halogens is 2. The molecule has 1 N–H and O–H groups in total. The standard InChI is InChI=1S/C22H22F2N2O4/c1-3-14-6-4-5-7-19(14)26-12-15(10-20(26)27)22(29)30-13(2)21(28)25-18-9-8-16(23)11-17(18)24/h4-9,11,13,15H,3,10,12H2,1-2H3,(H,25,28)/t13-,15+/m1/s1. The van der Waals surface area contributed by atoms with Crippen molar-refractivity contribution in [2.75, 3.05) is 16.8 Å². The summed E-state index contributed by atoms with van der Waals surface area (Å²) >= 11 is 0. The second-order valence-electron chi connectivity index (χ2n) is 7.08. The summed E-state index contributed by atoms with van der Waals surface area (Å²) in [6.07, 6.45) is -0.488. The molecule has 0 bridgehead atoms. The molecule has 0 saturated carbocycles. The van der Waals surface area contributed by atoms with Gasteiger partial charge in [0.1, 0.15) is 11.6 Å². The quantitative estimate of drug-likeness (QED) is 0.732. The molecule has 0 spiro atoms. The summed E-state index contributed by atoms with van der Waals surface area (Å²) in [7, 11) is 0. The monoisotopic (exact) mass is 416 g/mol. The van der Waals surface area contributed by atoms with Crippen LogP contribution in [0, 0.1) is 17.6 Å². The van der Waals surface area contributed by atoms with Crippen molar-refractivity contribution in [2.45, 2.75) is 32.8 Å². The van der Waals surface area contributed by atoms with Crippen LogP contribution in [-0.2, 0) is 25.5 Å². The number of para-hydroxylation sites is 1. The van der Waals surface area contributed by atoms with Crippen molar-refractivity contribution >= 4 is 29.2 Å². The van der Waals surface area contributed by atoms with Gasteiger partial charge < -0.3 is 15.0 Å². The molecule has 30 heavy (non-hydrogen) atoms. The van der Waals surface area contributed by atoms with E-state index in [0.29, 0.717) is 6.07 Å². The second-order valence-corrected chi connectivity index (χ2v) is 7.08. The molecule has 2 atom stereocenters. The lowest BCUT2D eigenvalue weighted by atomic mass is 10.1. The first-order chi connectivity index (χ1) is 14.3. The molecule has 0 unspecified atom stereocenters. The molecule has 8 heteroatoms. The third kappa shape index (κ3) is 4.64. The van der Waals surface area contributed by atoms with Crippen LogP contribution in [0.3, 0.4) is 0 Å². The third-order valence-corrected chi connectivity index (χ3v) is 4.97. The fourth-order valence-corrected chi connectivity index (χ4v) is 3.32. The lowest BCUT2D eigenvalue weighted by Crippen LogP contribution is -2.33. The minimum Gasteiger partial charge on any atom is -0.452 e. The number of rotatable bonds is 6. The Hall–Kier alpha value is -3.29. The van der Waals surface area contributed by atoms with E-state index in [9.17, 15) is 23.2 Å². The van der Waals surface area contributed by atoms with Gasteiger partial charge in [-0.1, -0.05) is 25.1 Å². The Bertz CT molecular complexity index is 979. The van der Waals surface area contributed by atoms with E-state index in [1.54, 1.807) is 4.90 Å². The predicted octanol–water partition coefficient (Wildman–Crippen LogP) is 3.45. The minimum atomic E-state index is -1.21. The van der Waals surface area contributed by atoms with E-state index in [0.717, 1.165) is 29.8 Å². The first-order valence-electron chi connectivity index (χ1n) is 9.64. The van der Waals surface area contributed by atoms with E-state index in [4.69, 9.17) is 4.74 Å². The molecule has 1 saturated heterocycles. The summed E-state index contributed by atoms with van der Waals surface area (Å²) < 4.78 is 31.8. The molecule has 6 nitrogen and oxygen atoms in total. The van der Waals surface area contributed by atoms with E-state index >= 15 is 0 Å². The number of hydrogen-bond donors (Lipinski definition) is 1. The Morgan fingerprint density at radius 1 is 1.23 bits per heavy atom. The lowest BCUT2D eigenvalue weighted by Gasteiger charge is -2.20. The fraction of sp³-hybridized carbons (Fsp3) is 0.318. The molecule has 2 aromatic carbocycles. The molecule has 1 aliphatic heterocycles. The minimum absolute atomic E-state index is 0.0161. The van der Waals surface area contributed by atoms with Gasteiger partial charge in [0, 0.05) is 24.7 Å². The van der Waals surface area contributed by atoms with E-state index in [-0.39, 0.29) is 24.6 Å². The zero-order valence-corrected chi connectivity index (χ0v) is 16.7. The van der Waals surface area contributed by atoms with Crippen LogP contribution in [0.2, 0.25) is 0 Å². The van der Waals surface area contributed by atoms with E-state index in [1.165, 1.54) is 6.92 Å². The maximum atomic E-state index is 13.7. The number of nitrogens with one attached hydrogen (secondary N) is 1. The van der Waals surface area contributed by atoms with Crippen molar-refractivity contribution in [3.8, 4) is 0 Å². The average molecular weight is 416 g/mol. The summed E-state index contributed by atoms with van der Waals surface area (Å²) in [4.78, 5) is 38.7. The number of benzene rings is 2. The van der Waals surface area contributed by atoms with Crippen molar-refractivity contribution in [1.82, 2.24) is 0 Å². The predicted molar refractivity (Wildman–Crippen MR) is 107 cm³/mol. The highest BCUT2D eigenvalue weighted by molar-refractivity contribution is 6.01. The summed E-state index contributed by atoms with van der Waals surface area (Å²) in [5.41, 5.74) is 1.54. The number of anilines is 2. The Morgan fingerprint density at radius 3 is 2.67 bits per heavy atom. The van der Waals surface area contributed by atoms with Crippen LogP contribution >= 0.6 is 0 Å². The molecule has 1 heterocycles. The first-order valence-corrected chi connectivity index (χ1v) is 9.64. The van der Waals surface area contributed by atoms with Crippen molar-refractivity contribution in [1.29, 1.82) is 0 Å². The molecule has 2 amide bonds. The summed E-state index contributed by atoms with van der Waals surface area (Å²) in [5.74, 6) is -4.05. The molecule has 0 aromatic heterocycles. The van der Waals surface area contributed by atoms with Crippen molar-refractivity contribution in [3.05, 3.63) is 59.7 Å². The third-order valence-electron chi connectivity index (χ3n) is 4.97. The lowest BCUT2D eigenvalue weighted by molar-refractivity contribution is -0.157. The average Bonchev–Trinajstić information content (AvgIpc) is 3.11. The topological polar surface area (TPSA) is 75.7 Å². The number of ether oxygens (including phenoxy) is 1. The number of carbonyl (C=O) groups is 3. The van der Waals surface area contributed by atoms with Crippen LogP contribution < -0.4 is 10.2 Å². The van der Waals surface area contributed by atoms with Crippen LogP contribution in [0.25, 0.3) is 0 Å². The highest BCUT2D eigenvalue weighted by atomic mass is 19.1. The van der Waals surface area contributed by atoms with Crippen LogP contribution in [0.5, 0.6) is 0 Å². The smallest absolute Gasteiger partial charge is 0.312 e. The highest BCUT2D eigenvalue weighted by Gasteiger charge is 2.37. The van der Waals surface area contributed by atoms with Crippen LogP contribution in [-0.4, -0.2) is 30.4 Å². The normalized spacial score (nSPS) is 17.0. The summed E-state index contributed by atoms with van der Waals surface area (Å²) in [6, 6.07) is 10.2. The molecular formula is C22H22F2N2O4. The Balaban J connectivity index is 1.61. The van der Waals surface area contributed by atoms with Gasteiger partial charge in [-0.3, -0.25) is 14.4 Å². The highest BCUT2D eigenvalue weighted by Crippen LogP contribution is 2.29. The van der Waals surface area contributed by atoms with E-state index < -0.39 is 35.5 Å². The molecular weight excluding hydrogens is 394 g/mol. The zero-order valence-electron chi connectivity index (χ0n) is 16.7.